The molecule has 0 spiro atoms. The summed E-state index contributed by atoms with van der Waals surface area (Å²) < 4.78 is 25.3. The Balaban J connectivity index is 0.000000330. The van der Waals surface area contributed by atoms with E-state index in [1.54, 1.807) is 0 Å². The minimum Gasteiger partial charge on any atom is -0.466 e. The minimum absolute atomic E-state index is 0. The largest absolute Gasteiger partial charge is 0.466 e. The lowest BCUT2D eigenvalue weighted by Crippen LogP contribution is -2.55. The van der Waals surface area contributed by atoms with Gasteiger partial charge in [0.25, 0.3) is 0 Å². The van der Waals surface area contributed by atoms with Crippen LogP contribution in [0.4, 0.5) is 0 Å². The fourth-order valence-corrected chi connectivity index (χ4v) is 7.72. The third-order valence-corrected chi connectivity index (χ3v) is 11.2. The van der Waals surface area contributed by atoms with E-state index >= 15 is 0 Å². The number of ether oxygens (including phenoxy) is 2. The van der Waals surface area contributed by atoms with Crippen LogP contribution in [-0.2, 0) is 42.9 Å². The molecule has 7 nitrogen and oxygen atoms in total. The van der Waals surface area contributed by atoms with Gasteiger partial charge in [0.05, 0.1) is 39.8 Å². The third-order valence-electron chi connectivity index (χ3n) is 8.82. The molecule has 2 fully saturated rings. The first-order valence-electron chi connectivity index (χ1n) is 16.4. The monoisotopic (exact) mass is 730 g/mol. The van der Waals surface area contributed by atoms with Crippen molar-refractivity contribution in [1.29, 1.82) is 0 Å². The second-order valence-corrected chi connectivity index (χ2v) is 17.0. The third kappa shape index (κ3) is 12.0. The summed E-state index contributed by atoms with van der Waals surface area (Å²) in [5.41, 5.74) is 1.43. The Bertz CT molecular complexity index is 1310. The molecule has 0 saturated carbocycles. The van der Waals surface area contributed by atoms with Crippen LogP contribution in [0, 0.1) is 10.8 Å². The van der Waals surface area contributed by atoms with Crippen LogP contribution < -0.4 is 5.32 Å². The van der Waals surface area contributed by atoms with Crippen LogP contribution in [-0.4, -0.2) is 63.6 Å². The van der Waals surface area contributed by atoms with Gasteiger partial charge in [-0.25, -0.2) is 8.51 Å². The molecule has 2 aromatic carbocycles. The fourth-order valence-electron chi connectivity index (χ4n) is 5.91. The molecule has 264 valence electrons. The van der Waals surface area contributed by atoms with Gasteiger partial charge in [-0.2, -0.15) is 0 Å². The molecule has 2 aliphatic rings. The van der Waals surface area contributed by atoms with Gasteiger partial charge in [0, 0.05) is 35.2 Å². The van der Waals surface area contributed by atoms with Crippen LogP contribution in [0.5, 0.6) is 0 Å². The summed E-state index contributed by atoms with van der Waals surface area (Å²) in [6, 6.07) is 16.3. The molecule has 2 heterocycles. The van der Waals surface area contributed by atoms with Gasteiger partial charge < -0.3 is 14.8 Å². The molecule has 0 amide bonds. The SMILES string of the molecule is CCOC(=O)C1(C)CCC(Cc2ccc(Cl)cc2)N([S@@](=O)C(C)(C)C)C1.CCOC(=O)C1(C)CCC(Cc2ccc(Cl)cc2)NC1.Cl. The van der Waals surface area contributed by atoms with Crippen molar-refractivity contribution in [1.82, 2.24) is 9.62 Å². The number of rotatable bonds is 9. The number of nitrogens with one attached hydrogen (secondary N) is 1. The summed E-state index contributed by atoms with van der Waals surface area (Å²) in [4.78, 5) is 24.4. The van der Waals surface area contributed by atoms with E-state index in [2.05, 4.69) is 17.4 Å². The van der Waals surface area contributed by atoms with Gasteiger partial charge >= 0.3 is 11.9 Å². The van der Waals surface area contributed by atoms with Crippen molar-refractivity contribution in [3.8, 4) is 0 Å². The van der Waals surface area contributed by atoms with E-state index in [-0.39, 0.29) is 40.5 Å². The predicted molar refractivity (Wildman–Crippen MR) is 196 cm³/mol. The van der Waals surface area contributed by atoms with Crippen LogP contribution in [0.3, 0.4) is 0 Å². The standard InChI is InChI=1S/C20H30ClNO3S.C16H22ClNO2.ClH/c1-6-25-18(23)20(5)12-11-17(13-15-7-9-16(21)10-8-15)22(14-20)26(24)19(2,3)4;1-3-20-15(19)16(2)9-8-14(18-11-16)10-12-4-6-13(17)7-5-12;/h7-10,17H,6,11-14H2,1-5H3;4-7,14,18H,3,8-11H2,1-2H3;1H/t17?,20?,26-;;/m0../s1. The number of nitrogens with zero attached hydrogens (tertiary/aromatic N) is 1. The maximum atomic E-state index is 13.2. The molecule has 11 heteroatoms. The summed E-state index contributed by atoms with van der Waals surface area (Å²) in [6.07, 6.45) is 5.16. The molecule has 2 saturated heterocycles. The predicted octanol–water partition coefficient (Wildman–Crippen LogP) is 8.00. The maximum absolute atomic E-state index is 13.2. The lowest BCUT2D eigenvalue weighted by atomic mass is 9.79. The first-order valence-corrected chi connectivity index (χ1v) is 18.2. The lowest BCUT2D eigenvalue weighted by Gasteiger charge is -2.45. The number of piperidine rings is 2. The summed E-state index contributed by atoms with van der Waals surface area (Å²) in [7, 11) is -1.20. The molecule has 2 aliphatic heterocycles. The van der Waals surface area contributed by atoms with Crippen LogP contribution in [0.1, 0.15) is 85.3 Å². The second-order valence-electron chi connectivity index (χ2n) is 14.0. The highest BCUT2D eigenvalue weighted by Gasteiger charge is 2.46. The Hall–Kier alpha value is -1.68. The normalized spacial score (nSPS) is 25.4. The van der Waals surface area contributed by atoms with Gasteiger partial charge in [-0.1, -0.05) is 47.5 Å². The van der Waals surface area contributed by atoms with Crippen molar-refractivity contribution >= 4 is 58.5 Å². The molecule has 2 aromatic rings. The average molecular weight is 732 g/mol. The quantitative estimate of drug-likeness (QED) is 0.263. The van der Waals surface area contributed by atoms with E-state index in [1.165, 1.54) is 5.56 Å². The maximum Gasteiger partial charge on any atom is 0.313 e. The van der Waals surface area contributed by atoms with Crippen LogP contribution in [0.25, 0.3) is 0 Å². The van der Waals surface area contributed by atoms with Gasteiger partial charge in [0.1, 0.15) is 0 Å². The molecular weight excluding hydrogens is 679 g/mol. The zero-order valence-corrected chi connectivity index (χ0v) is 32.1. The van der Waals surface area contributed by atoms with Crippen molar-refractivity contribution in [3.05, 3.63) is 69.7 Å². The minimum atomic E-state index is -1.20. The molecule has 4 rings (SSSR count). The highest BCUT2D eigenvalue weighted by atomic mass is 35.5. The highest BCUT2D eigenvalue weighted by Crippen LogP contribution is 2.38. The fraction of sp³-hybridized carbons (Fsp3) is 0.611. The van der Waals surface area contributed by atoms with Gasteiger partial charge in [-0.3, -0.25) is 9.59 Å². The summed E-state index contributed by atoms with van der Waals surface area (Å²) in [5, 5.41) is 4.95. The van der Waals surface area contributed by atoms with E-state index in [0.29, 0.717) is 37.4 Å². The van der Waals surface area contributed by atoms with E-state index in [9.17, 15) is 13.8 Å². The first kappa shape index (κ1) is 41.5. The number of halogens is 3. The van der Waals surface area contributed by atoms with Gasteiger partial charge in [-0.05, 0) is 122 Å². The van der Waals surface area contributed by atoms with Crippen LogP contribution >= 0.6 is 35.6 Å². The Kier molecular flexibility index (Phi) is 16.2. The zero-order chi connectivity index (χ0) is 34.1. The Labute approximate surface area is 300 Å². The molecule has 1 N–H and O–H groups in total. The molecule has 0 aliphatic carbocycles. The number of esters is 2. The highest BCUT2D eigenvalue weighted by molar-refractivity contribution is 7.84. The summed E-state index contributed by atoms with van der Waals surface area (Å²) in [5.74, 6) is -0.279. The molecule has 5 atom stereocenters. The van der Waals surface area contributed by atoms with Crippen molar-refractivity contribution in [3.63, 3.8) is 0 Å². The van der Waals surface area contributed by atoms with Crippen molar-refractivity contribution < 1.29 is 23.3 Å². The molecule has 0 radical (unpaired) electrons. The van der Waals surface area contributed by atoms with E-state index in [1.807, 2.05) is 89.2 Å². The molecular formula is C36H53Cl3N2O5S. The second kappa shape index (κ2) is 18.4. The summed E-state index contributed by atoms with van der Waals surface area (Å²) in [6.45, 7) is 15.4. The van der Waals surface area contributed by atoms with E-state index < -0.39 is 16.4 Å². The van der Waals surface area contributed by atoms with Crippen molar-refractivity contribution in [2.75, 3.05) is 26.3 Å². The number of hydrogen-bond acceptors (Lipinski definition) is 6. The number of benzene rings is 2. The van der Waals surface area contributed by atoms with Crippen molar-refractivity contribution in [2.24, 2.45) is 10.8 Å². The van der Waals surface area contributed by atoms with E-state index in [4.69, 9.17) is 32.7 Å². The Morgan fingerprint density at radius 3 is 1.77 bits per heavy atom. The Morgan fingerprint density at radius 2 is 1.32 bits per heavy atom. The molecule has 4 unspecified atom stereocenters. The van der Waals surface area contributed by atoms with Gasteiger partial charge in [0.2, 0.25) is 0 Å². The lowest BCUT2D eigenvalue weighted by molar-refractivity contribution is -0.157. The number of carbonyl (C=O) groups is 2. The van der Waals surface area contributed by atoms with Gasteiger partial charge in [-0.15, -0.1) is 12.4 Å². The zero-order valence-electron chi connectivity index (χ0n) is 28.9. The average Bonchev–Trinajstić information content (AvgIpc) is 3.01. The van der Waals surface area contributed by atoms with Crippen LogP contribution in [0.15, 0.2) is 48.5 Å². The Morgan fingerprint density at radius 1 is 0.851 bits per heavy atom. The molecule has 0 bridgehead atoms. The topological polar surface area (TPSA) is 84.9 Å². The van der Waals surface area contributed by atoms with Gasteiger partial charge in [0.15, 0.2) is 0 Å². The van der Waals surface area contributed by atoms with E-state index in [0.717, 1.165) is 49.1 Å². The molecule has 47 heavy (non-hydrogen) atoms. The van der Waals surface area contributed by atoms with Crippen molar-refractivity contribution in [2.45, 2.75) is 104 Å². The first-order chi connectivity index (χ1) is 21.6. The summed E-state index contributed by atoms with van der Waals surface area (Å²) >= 11 is 11.9. The number of carbonyl (C=O) groups excluding carboxylic acids is 2. The smallest absolute Gasteiger partial charge is 0.313 e. The molecule has 0 aromatic heterocycles. The number of hydrogen-bond donors (Lipinski definition) is 1. The van der Waals surface area contributed by atoms with Crippen LogP contribution in [0.2, 0.25) is 10.0 Å².